The number of aromatic nitrogens is 8. The average Bonchev–Trinajstić information content (AvgIpc) is 3.49. The topological polar surface area (TPSA) is 158 Å². The highest BCUT2D eigenvalue weighted by molar-refractivity contribution is 5.85. The number of ether oxygens (including phenoxy) is 2. The molecule has 0 aliphatic carbocycles. The number of aryl methyl sites for hydroxylation is 1. The molecule has 13 nitrogen and oxygen atoms in total. The van der Waals surface area contributed by atoms with Crippen LogP contribution in [0.2, 0.25) is 0 Å². The van der Waals surface area contributed by atoms with Crippen molar-refractivity contribution < 1.29 is 19.7 Å². The molecule has 13 heteroatoms. The van der Waals surface area contributed by atoms with Crippen molar-refractivity contribution in [3.8, 4) is 11.4 Å². The Bertz CT molecular complexity index is 1230. The van der Waals surface area contributed by atoms with Gasteiger partial charge in [0.2, 0.25) is 5.82 Å². The van der Waals surface area contributed by atoms with Gasteiger partial charge in [-0.3, -0.25) is 4.57 Å². The molecule has 1 fully saturated rings. The van der Waals surface area contributed by atoms with Crippen molar-refractivity contribution in [2.24, 2.45) is 7.05 Å². The molecular weight excluding hydrogens is 418 g/mol. The fourth-order valence-corrected chi connectivity index (χ4v) is 3.63. The summed E-state index contributed by atoms with van der Waals surface area (Å²) >= 11 is 0. The van der Waals surface area contributed by atoms with E-state index in [0.717, 1.165) is 11.3 Å². The van der Waals surface area contributed by atoms with Crippen LogP contribution in [0.15, 0.2) is 36.9 Å². The van der Waals surface area contributed by atoms with E-state index in [1.54, 1.807) is 11.6 Å². The van der Waals surface area contributed by atoms with Crippen molar-refractivity contribution in [2.75, 3.05) is 19.0 Å². The van der Waals surface area contributed by atoms with E-state index < -0.39 is 24.5 Å². The van der Waals surface area contributed by atoms with Crippen molar-refractivity contribution in [1.29, 1.82) is 0 Å². The number of tetrazole rings is 1. The molecule has 0 saturated carbocycles. The summed E-state index contributed by atoms with van der Waals surface area (Å²) in [5.41, 5.74) is 2.56. The number of anilines is 2. The number of hydrogen-bond acceptors (Lipinski definition) is 11. The molecule has 0 spiro atoms. The van der Waals surface area contributed by atoms with Crippen molar-refractivity contribution >= 4 is 22.7 Å². The molecule has 0 bridgehead atoms. The third-order valence-corrected chi connectivity index (χ3v) is 5.22. The third-order valence-electron chi connectivity index (χ3n) is 5.22. The minimum Gasteiger partial charge on any atom is -0.387 e. The van der Waals surface area contributed by atoms with Gasteiger partial charge in [0.25, 0.3) is 0 Å². The number of methoxy groups -OCH3 is 1. The number of hydrogen-bond donors (Lipinski definition) is 3. The van der Waals surface area contributed by atoms with Crippen LogP contribution in [0, 0.1) is 0 Å². The molecular formula is C19H21N9O4. The molecule has 4 atom stereocenters. The fraction of sp³-hybridized carbons (Fsp3) is 0.368. The molecule has 1 aliphatic rings. The number of rotatable bonds is 6. The molecule has 1 saturated heterocycles. The highest BCUT2D eigenvalue weighted by Crippen LogP contribution is 2.33. The highest BCUT2D eigenvalue weighted by atomic mass is 16.6. The van der Waals surface area contributed by atoms with E-state index in [4.69, 9.17) is 9.47 Å². The first-order valence-corrected chi connectivity index (χ1v) is 9.84. The lowest BCUT2D eigenvalue weighted by molar-refractivity contribution is -0.0580. The SMILES string of the molecule is COC[C@H]1O[C@@H](n2cnc3c(Nc4ccc(-c5nnn(C)n5)cc4)ncnc32)[C@H](O)[C@@H]1O. The second kappa shape index (κ2) is 8.20. The van der Waals surface area contributed by atoms with Gasteiger partial charge in [-0.1, -0.05) is 0 Å². The quantitative estimate of drug-likeness (QED) is 0.372. The van der Waals surface area contributed by atoms with E-state index >= 15 is 0 Å². The lowest BCUT2D eigenvalue weighted by Crippen LogP contribution is -2.33. The Morgan fingerprint density at radius 3 is 2.66 bits per heavy atom. The van der Waals surface area contributed by atoms with Gasteiger partial charge in [0.05, 0.1) is 20.0 Å². The number of aliphatic hydroxyl groups is 2. The van der Waals surface area contributed by atoms with Crippen molar-refractivity contribution in [1.82, 2.24) is 39.7 Å². The molecule has 5 rings (SSSR count). The van der Waals surface area contributed by atoms with Crippen LogP contribution in [-0.2, 0) is 16.5 Å². The van der Waals surface area contributed by atoms with Gasteiger partial charge in [-0.15, -0.1) is 10.2 Å². The minimum atomic E-state index is -1.15. The van der Waals surface area contributed by atoms with Crippen LogP contribution in [0.1, 0.15) is 6.23 Å². The zero-order valence-electron chi connectivity index (χ0n) is 17.3. The summed E-state index contributed by atoms with van der Waals surface area (Å²) in [4.78, 5) is 14.4. The molecule has 0 radical (unpaired) electrons. The van der Waals surface area contributed by atoms with Gasteiger partial charge in [-0.25, -0.2) is 15.0 Å². The first-order valence-electron chi connectivity index (χ1n) is 9.84. The smallest absolute Gasteiger partial charge is 0.204 e. The van der Waals surface area contributed by atoms with Gasteiger partial charge in [-0.2, -0.15) is 4.80 Å². The Morgan fingerprint density at radius 2 is 1.94 bits per heavy atom. The Kier molecular flexibility index (Phi) is 5.22. The van der Waals surface area contributed by atoms with E-state index in [1.807, 2.05) is 24.3 Å². The number of aliphatic hydroxyl groups excluding tert-OH is 2. The number of fused-ring (bicyclic) bond motifs is 1. The van der Waals surface area contributed by atoms with E-state index in [1.165, 1.54) is 24.6 Å². The van der Waals surface area contributed by atoms with Crippen LogP contribution in [-0.4, -0.2) is 82.0 Å². The Labute approximate surface area is 181 Å². The summed E-state index contributed by atoms with van der Waals surface area (Å²) in [6, 6.07) is 7.48. The van der Waals surface area contributed by atoms with Crippen LogP contribution in [0.25, 0.3) is 22.6 Å². The van der Waals surface area contributed by atoms with E-state index in [9.17, 15) is 10.2 Å². The molecule has 0 unspecified atom stereocenters. The molecule has 1 aliphatic heterocycles. The number of benzene rings is 1. The summed E-state index contributed by atoms with van der Waals surface area (Å²) in [6.45, 7) is 0.156. The Balaban J connectivity index is 1.40. The standard InChI is InChI=1S/C19H21N9O4/c1-27-25-16(24-26-27)10-3-5-11(6-4-10)23-17-13-18(21-8-20-17)28(9-22-13)19-15(30)14(29)12(32-19)7-31-2/h3-6,8-9,12,14-15,19,29-30H,7H2,1-2H3,(H,20,21,23)/t12-,14-,15-,19-/m1/s1. The van der Waals surface area contributed by atoms with Gasteiger partial charge < -0.3 is 25.0 Å². The first kappa shape index (κ1) is 20.4. The molecule has 3 aromatic heterocycles. The minimum absolute atomic E-state index is 0.156. The van der Waals surface area contributed by atoms with E-state index in [2.05, 4.69) is 35.7 Å². The summed E-state index contributed by atoms with van der Waals surface area (Å²) < 4.78 is 12.4. The van der Waals surface area contributed by atoms with Crippen LogP contribution in [0.3, 0.4) is 0 Å². The average molecular weight is 439 g/mol. The molecule has 0 amide bonds. The van der Waals surface area contributed by atoms with Gasteiger partial charge in [0.1, 0.15) is 24.6 Å². The number of nitrogens with one attached hydrogen (secondary N) is 1. The second-order valence-corrected chi connectivity index (χ2v) is 7.35. The van der Waals surface area contributed by atoms with Crippen LogP contribution < -0.4 is 5.32 Å². The van der Waals surface area contributed by atoms with Gasteiger partial charge in [0, 0.05) is 18.4 Å². The van der Waals surface area contributed by atoms with Gasteiger partial charge >= 0.3 is 0 Å². The maximum atomic E-state index is 10.5. The summed E-state index contributed by atoms with van der Waals surface area (Å²) in [5.74, 6) is 1.02. The molecule has 1 aromatic carbocycles. The molecule has 3 N–H and O–H groups in total. The van der Waals surface area contributed by atoms with Crippen LogP contribution in [0.5, 0.6) is 0 Å². The predicted octanol–water partition coefficient (Wildman–Crippen LogP) is 0.0260. The van der Waals surface area contributed by atoms with E-state index in [0.29, 0.717) is 22.8 Å². The highest BCUT2D eigenvalue weighted by Gasteiger charge is 2.44. The molecule has 166 valence electrons. The zero-order valence-corrected chi connectivity index (χ0v) is 17.3. The Hall–Kier alpha value is -3.52. The van der Waals surface area contributed by atoms with Crippen molar-refractivity contribution in [2.45, 2.75) is 24.5 Å². The summed E-state index contributed by atoms with van der Waals surface area (Å²) in [6.07, 6.45) is -0.843. The fourth-order valence-electron chi connectivity index (χ4n) is 3.63. The maximum Gasteiger partial charge on any atom is 0.204 e. The van der Waals surface area contributed by atoms with Gasteiger partial charge in [-0.05, 0) is 29.5 Å². The number of imidazole rings is 1. The first-order chi connectivity index (χ1) is 15.5. The largest absolute Gasteiger partial charge is 0.387 e. The molecule has 4 aromatic rings. The summed E-state index contributed by atoms with van der Waals surface area (Å²) in [7, 11) is 3.21. The summed E-state index contributed by atoms with van der Waals surface area (Å²) in [5, 5.41) is 35.9. The zero-order chi connectivity index (χ0) is 22.2. The third kappa shape index (κ3) is 3.56. The lowest BCUT2D eigenvalue weighted by Gasteiger charge is -2.16. The lowest BCUT2D eigenvalue weighted by atomic mass is 10.1. The Morgan fingerprint density at radius 1 is 1.12 bits per heavy atom. The van der Waals surface area contributed by atoms with Crippen molar-refractivity contribution in [3.05, 3.63) is 36.9 Å². The normalized spacial score (nSPS) is 23.1. The predicted molar refractivity (Wildman–Crippen MR) is 111 cm³/mol. The molecule has 32 heavy (non-hydrogen) atoms. The monoisotopic (exact) mass is 439 g/mol. The van der Waals surface area contributed by atoms with Gasteiger partial charge in [0.15, 0.2) is 23.2 Å². The van der Waals surface area contributed by atoms with Crippen LogP contribution >= 0.6 is 0 Å². The van der Waals surface area contributed by atoms with Crippen LogP contribution in [0.4, 0.5) is 11.5 Å². The molecule has 4 heterocycles. The maximum absolute atomic E-state index is 10.5. The second-order valence-electron chi connectivity index (χ2n) is 7.35. The number of nitrogens with zero attached hydrogens (tertiary/aromatic N) is 8. The van der Waals surface area contributed by atoms with Crippen molar-refractivity contribution in [3.63, 3.8) is 0 Å². The van der Waals surface area contributed by atoms with E-state index in [-0.39, 0.29) is 6.61 Å².